The van der Waals surface area contributed by atoms with Crippen molar-refractivity contribution in [2.75, 3.05) is 18.8 Å². The van der Waals surface area contributed by atoms with Crippen LogP contribution in [-0.2, 0) is 16.6 Å². The molecule has 0 amide bonds. The number of fused-ring (bicyclic) bond motifs is 2. The molecule has 5 aromatic rings. The zero-order chi connectivity index (χ0) is 24.2. The van der Waals surface area contributed by atoms with E-state index in [2.05, 4.69) is 27.1 Å². The number of nitrogens with zero attached hydrogens (tertiary/aromatic N) is 6. The maximum absolute atomic E-state index is 13.1. The summed E-state index contributed by atoms with van der Waals surface area (Å²) in [4.78, 5) is 16.9. The van der Waals surface area contributed by atoms with Gasteiger partial charge in [-0.15, -0.1) is 0 Å². The lowest BCUT2D eigenvalue weighted by atomic mass is 9.97. The number of hydrogen-bond donors (Lipinski definition) is 2. The molecule has 0 atom stereocenters. The largest absolute Gasteiger partial charge is 0.382 e. The molecular weight excluding hydrogens is 464 g/mol. The Bertz CT molecular complexity index is 1610. The second-order valence-corrected chi connectivity index (χ2v) is 10.7. The number of H-pyrrole nitrogens is 1. The summed E-state index contributed by atoms with van der Waals surface area (Å²) in [5.74, 6) is 1.36. The fourth-order valence-corrected chi connectivity index (χ4v) is 6.30. The summed E-state index contributed by atoms with van der Waals surface area (Å²) in [6, 6.07) is 10.1. The molecule has 1 aliphatic heterocycles. The lowest BCUT2D eigenvalue weighted by Gasteiger charge is -2.30. The molecule has 6 rings (SSSR count). The molecule has 0 saturated carbocycles. The summed E-state index contributed by atoms with van der Waals surface area (Å²) in [5.41, 5.74) is 9.72. The molecule has 0 aliphatic carbocycles. The number of aromatic amines is 1. The maximum atomic E-state index is 13.1. The van der Waals surface area contributed by atoms with Crippen LogP contribution < -0.4 is 5.73 Å². The highest BCUT2D eigenvalue weighted by Crippen LogP contribution is 2.36. The van der Waals surface area contributed by atoms with Crippen molar-refractivity contribution in [1.29, 1.82) is 0 Å². The van der Waals surface area contributed by atoms with Crippen LogP contribution in [0.15, 0.2) is 60.3 Å². The lowest BCUT2D eigenvalue weighted by molar-refractivity contribution is 0.312. The Hall–Kier alpha value is -3.70. The van der Waals surface area contributed by atoms with Gasteiger partial charge >= 0.3 is 0 Å². The van der Waals surface area contributed by atoms with E-state index in [-0.39, 0.29) is 10.9 Å². The van der Waals surface area contributed by atoms with E-state index in [0.29, 0.717) is 38.3 Å². The monoisotopic (exact) mass is 490 g/mol. The van der Waals surface area contributed by atoms with Gasteiger partial charge in [0.25, 0.3) is 10.0 Å². The molecule has 0 spiro atoms. The molecule has 1 saturated heterocycles. The molecule has 0 bridgehead atoms. The first-order valence-electron chi connectivity index (χ1n) is 11.7. The number of nitrogens with one attached hydrogen (secondary N) is 1. The summed E-state index contributed by atoms with van der Waals surface area (Å²) < 4.78 is 31.5. The second kappa shape index (κ2) is 8.21. The average molecular weight is 491 g/mol. The summed E-state index contributed by atoms with van der Waals surface area (Å²) >= 11 is 0. The van der Waals surface area contributed by atoms with E-state index in [1.54, 1.807) is 23.3 Å². The quantitative estimate of drug-likeness (QED) is 0.389. The van der Waals surface area contributed by atoms with Crippen molar-refractivity contribution in [2.45, 2.75) is 37.3 Å². The van der Waals surface area contributed by atoms with Crippen LogP contribution in [0, 0.1) is 0 Å². The fraction of sp³-hybridized carbons (Fsp3) is 0.292. The van der Waals surface area contributed by atoms with E-state index in [4.69, 9.17) is 10.7 Å². The van der Waals surface area contributed by atoms with Gasteiger partial charge in [-0.1, -0.05) is 18.2 Å². The highest BCUT2D eigenvalue weighted by molar-refractivity contribution is 7.89. The number of aryl methyl sites for hydroxylation is 1. The highest BCUT2D eigenvalue weighted by atomic mass is 32.2. The van der Waals surface area contributed by atoms with Crippen LogP contribution in [0.4, 0.5) is 5.82 Å². The number of hydrogen-bond acceptors (Lipinski definition) is 6. The van der Waals surface area contributed by atoms with Crippen LogP contribution in [0.3, 0.4) is 0 Å². The van der Waals surface area contributed by atoms with E-state index in [1.165, 1.54) is 4.31 Å². The van der Waals surface area contributed by atoms with Crippen molar-refractivity contribution in [3.63, 3.8) is 0 Å². The first-order chi connectivity index (χ1) is 17.0. The van der Waals surface area contributed by atoms with E-state index in [9.17, 15) is 8.42 Å². The van der Waals surface area contributed by atoms with Crippen LogP contribution in [0.2, 0.25) is 0 Å². The van der Waals surface area contributed by atoms with Crippen molar-refractivity contribution in [3.05, 3.63) is 61.1 Å². The molecule has 3 N–H and O–H groups in total. The number of piperidine rings is 1. The Morgan fingerprint density at radius 3 is 2.71 bits per heavy atom. The summed E-state index contributed by atoms with van der Waals surface area (Å²) in [6.45, 7) is 3.44. The molecule has 5 heterocycles. The zero-order valence-electron chi connectivity index (χ0n) is 19.3. The third-order valence-electron chi connectivity index (χ3n) is 6.79. The molecule has 0 radical (unpaired) electrons. The van der Waals surface area contributed by atoms with Crippen molar-refractivity contribution in [2.24, 2.45) is 0 Å². The smallest absolute Gasteiger partial charge is 0.262 e. The van der Waals surface area contributed by atoms with Gasteiger partial charge in [-0.05, 0) is 31.9 Å². The molecule has 1 aromatic carbocycles. The predicted molar refractivity (Wildman–Crippen MR) is 133 cm³/mol. The first-order valence-corrected chi connectivity index (χ1v) is 13.1. The van der Waals surface area contributed by atoms with Gasteiger partial charge in [-0.3, -0.25) is 4.40 Å². The minimum Gasteiger partial charge on any atom is -0.382 e. The molecular formula is C24H26N8O2S. The SMILES string of the molecule is CCn1cnc(S(=O)(=O)N2CCC(c3nc(-c4cc5ccccc5[nH]4)c4c(N)nccn34)CC2)c1. The van der Waals surface area contributed by atoms with Crippen LogP contribution in [-0.4, -0.2) is 54.7 Å². The number of para-hydroxylation sites is 1. The summed E-state index contributed by atoms with van der Waals surface area (Å²) in [7, 11) is -3.62. The molecule has 0 unspecified atom stereocenters. The van der Waals surface area contributed by atoms with Crippen LogP contribution in [0.5, 0.6) is 0 Å². The molecule has 11 heteroatoms. The van der Waals surface area contributed by atoms with Crippen molar-refractivity contribution < 1.29 is 8.42 Å². The van der Waals surface area contributed by atoms with E-state index < -0.39 is 10.0 Å². The normalized spacial score (nSPS) is 15.9. The molecule has 1 aliphatic rings. The van der Waals surface area contributed by atoms with Crippen molar-refractivity contribution in [3.8, 4) is 11.4 Å². The van der Waals surface area contributed by atoms with Crippen molar-refractivity contribution in [1.82, 2.24) is 33.2 Å². The molecule has 35 heavy (non-hydrogen) atoms. The van der Waals surface area contributed by atoms with Gasteiger partial charge in [-0.25, -0.2) is 23.4 Å². The van der Waals surface area contributed by atoms with Gasteiger partial charge in [0.1, 0.15) is 22.9 Å². The molecule has 180 valence electrons. The van der Waals surface area contributed by atoms with Crippen LogP contribution >= 0.6 is 0 Å². The van der Waals surface area contributed by atoms with E-state index in [0.717, 1.165) is 33.6 Å². The van der Waals surface area contributed by atoms with Gasteiger partial charge in [0.05, 0.1) is 12.0 Å². The number of sulfonamides is 1. The number of nitrogen functional groups attached to an aromatic ring is 1. The van der Waals surface area contributed by atoms with E-state index >= 15 is 0 Å². The third-order valence-corrected chi connectivity index (χ3v) is 8.58. The second-order valence-electron chi connectivity index (χ2n) is 8.84. The number of benzene rings is 1. The van der Waals surface area contributed by atoms with Gasteiger partial charge in [0, 0.05) is 55.0 Å². The van der Waals surface area contributed by atoms with Gasteiger partial charge in [0.15, 0.2) is 5.03 Å². The Morgan fingerprint density at radius 2 is 1.97 bits per heavy atom. The van der Waals surface area contributed by atoms with Gasteiger partial charge in [-0.2, -0.15) is 4.31 Å². The van der Waals surface area contributed by atoms with Crippen molar-refractivity contribution >= 4 is 32.3 Å². The van der Waals surface area contributed by atoms with Gasteiger partial charge < -0.3 is 15.3 Å². The molecule has 4 aromatic heterocycles. The Labute approximate surface area is 202 Å². The van der Waals surface area contributed by atoms with E-state index in [1.807, 2.05) is 35.7 Å². The molecule has 1 fully saturated rings. The van der Waals surface area contributed by atoms with Crippen LogP contribution in [0.25, 0.3) is 27.8 Å². The topological polar surface area (TPSA) is 127 Å². The highest BCUT2D eigenvalue weighted by Gasteiger charge is 2.33. The number of aromatic nitrogens is 6. The van der Waals surface area contributed by atoms with Gasteiger partial charge in [0.2, 0.25) is 0 Å². The Kier molecular flexibility index (Phi) is 5.11. The maximum Gasteiger partial charge on any atom is 0.262 e. The Balaban J connectivity index is 1.33. The number of rotatable bonds is 5. The average Bonchev–Trinajstić information content (AvgIpc) is 3.61. The Morgan fingerprint density at radius 1 is 1.17 bits per heavy atom. The standard InChI is InChI=1S/C24H26N8O2S/c1-2-30-14-20(27-15-30)35(33,34)31-10-7-16(8-11-31)24-29-21(22-23(25)26-9-12-32(22)24)19-13-17-5-3-4-6-18(17)28-19/h3-6,9,12-16,28H,2,7-8,10-11H2,1H3,(H2,25,26). The summed E-state index contributed by atoms with van der Waals surface area (Å²) in [5, 5.41) is 1.20. The minimum absolute atomic E-state index is 0.0853. The van der Waals surface area contributed by atoms with Crippen LogP contribution in [0.1, 0.15) is 31.5 Å². The molecule has 10 nitrogen and oxygen atoms in total. The minimum atomic E-state index is -3.62. The first kappa shape index (κ1) is 21.8. The number of imidazole rings is 2. The summed E-state index contributed by atoms with van der Waals surface area (Å²) in [6.07, 6.45) is 8.00. The third kappa shape index (κ3) is 3.58. The number of anilines is 1. The number of nitrogens with two attached hydrogens (primary N) is 1. The zero-order valence-corrected chi connectivity index (χ0v) is 20.1. The fourth-order valence-electron chi connectivity index (χ4n) is 4.90. The predicted octanol–water partition coefficient (Wildman–Crippen LogP) is 3.24. The lowest BCUT2D eigenvalue weighted by Crippen LogP contribution is -2.38.